The van der Waals surface area contributed by atoms with Gasteiger partial charge in [-0.1, -0.05) is 17.9 Å². The number of imidazole rings is 1. The summed E-state index contributed by atoms with van der Waals surface area (Å²) in [4.78, 5) is 48.7. The Labute approximate surface area is 187 Å². The molecule has 11 heteroatoms. The minimum atomic E-state index is -1.43. The third-order valence-electron chi connectivity index (χ3n) is 5.97. The van der Waals surface area contributed by atoms with Crippen molar-refractivity contribution in [1.82, 2.24) is 19.4 Å². The van der Waals surface area contributed by atoms with Gasteiger partial charge in [-0.15, -0.1) is 0 Å². The number of para-hydroxylation sites is 1. The highest BCUT2D eigenvalue weighted by molar-refractivity contribution is 6.00. The lowest BCUT2D eigenvalue weighted by molar-refractivity contribution is -0.135. The smallest absolute Gasteiger partial charge is 0.407 e. The zero-order valence-corrected chi connectivity index (χ0v) is 17.9. The van der Waals surface area contributed by atoms with E-state index in [1.54, 1.807) is 25.2 Å². The number of ether oxygens (including phenoxy) is 1. The number of carboxylic acid groups (broad SMARTS) is 1. The van der Waals surface area contributed by atoms with Crippen LogP contribution >= 0.6 is 0 Å². The van der Waals surface area contributed by atoms with Crippen molar-refractivity contribution in [1.29, 1.82) is 0 Å². The molecule has 0 bridgehead atoms. The Balaban J connectivity index is 1.53. The number of amides is 3. The van der Waals surface area contributed by atoms with Crippen LogP contribution in [0.5, 0.6) is 0 Å². The van der Waals surface area contributed by atoms with Gasteiger partial charge in [-0.25, -0.2) is 14.0 Å². The summed E-state index contributed by atoms with van der Waals surface area (Å²) >= 11 is 0. The number of fused-ring (bicyclic) bond motifs is 1. The molecule has 2 fully saturated rings. The molecule has 0 spiro atoms. The van der Waals surface area contributed by atoms with E-state index in [1.807, 2.05) is 0 Å². The highest BCUT2D eigenvalue weighted by Crippen LogP contribution is 2.24. The summed E-state index contributed by atoms with van der Waals surface area (Å²) in [6, 6.07) is 4.37. The molecule has 2 aromatic rings. The average Bonchev–Trinajstić information content (AvgIpc) is 3.03. The minimum absolute atomic E-state index is 0.0592. The van der Waals surface area contributed by atoms with Crippen LogP contribution in [-0.2, 0) is 21.4 Å². The number of piperidine rings is 2. The van der Waals surface area contributed by atoms with E-state index in [9.17, 15) is 23.6 Å². The third kappa shape index (κ3) is 4.34. The van der Waals surface area contributed by atoms with Gasteiger partial charge in [0.25, 0.3) is 0 Å². The SMILES string of the molecule is Cn1c(=O)n(C2CCC(=O)NC2=O)c2cccc(C#CCO[C@@H]3CCN(C(=O)O)C[C@H]3F)c21. The molecule has 0 aliphatic carbocycles. The second-order valence-corrected chi connectivity index (χ2v) is 8.04. The van der Waals surface area contributed by atoms with Crippen LogP contribution in [0.3, 0.4) is 0 Å². The Morgan fingerprint density at radius 3 is 2.79 bits per heavy atom. The second kappa shape index (κ2) is 9.07. The summed E-state index contributed by atoms with van der Waals surface area (Å²) in [6.45, 7) is -0.0951. The molecule has 1 aromatic carbocycles. The summed E-state index contributed by atoms with van der Waals surface area (Å²) < 4.78 is 22.5. The predicted octanol–water partition coefficient (Wildman–Crippen LogP) is 0.776. The van der Waals surface area contributed by atoms with Crippen LogP contribution in [0.4, 0.5) is 9.18 Å². The first-order valence-electron chi connectivity index (χ1n) is 10.5. The third-order valence-corrected chi connectivity index (χ3v) is 5.97. The fourth-order valence-corrected chi connectivity index (χ4v) is 4.29. The van der Waals surface area contributed by atoms with Crippen LogP contribution in [0.2, 0.25) is 0 Å². The van der Waals surface area contributed by atoms with Gasteiger partial charge in [-0.05, 0) is 25.0 Å². The Morgan fingerprint density at radius 1 is 1.30 bits per heavy atom. The lowest BCUT2D eigenvalue weighted by Crippen LogP contribution is -2.47. The molecular formula is C22H23FN4O6. The van der Waals surface area contributed by atoms with Crippen LogP contribution in [0.1, 0.15) is 30.9 Å². The maximum atomic E-state index is 14.2. The van der Waals surface area contributed by atoms with E-state index in [0.29, 0.717) is 16.6 Å². The molecule has 3 atom stereocenters. The highest BCUT2D eigenvalue weighted by Gasteiger charge is 2.32. The predicted molar refractivity (Wildman–Crippen MR) is 114 cm³/mol. The van der Waals surface area contributed by atoms with Crippen LogP contribution in [0.15, 0.2) is 23.0 Å². The molecule has 1 aromatic heterocycles. The summed E-state index contributed by atoms with van der Waals surface area (Å²) in [5.41, 5.74) is 1.21. The fourth-order valence-electron chi connectivity index (χ4n) is 4.29. The molecule has 33 heavy (non-hydrogen) atoms. The van der Waals surface area contributed by atoms with E-state index in [4.69, 9.17) is 9.84 Å². The molecule has 174 valence electrons. The molecule has 10 nitrogen and oxygen atoms in total. The Hall–Kier alpha value is -3.65. The molecule has 2 saturated heterocycles. The van der Waals surface area contributed by atoms with Crippen molar-refractivity contribution < 1.29 is 28.6 Å². The van der Waals surface area contributed by atoms with Crippen molar-refractivity contribution in [2.45, 2.75) is 37.6 Å². The number of carbonyl (C=O) groups is 3. The van der Waals surface area contributed by atoms with Crippen LogP contribution in [-0.4, -0.2) is 69.0 Å². The van der Waals surface area contributed by atoms with E-state index in [-0.39, 0.29) is 44.9 Å². The maximum absolute atomic E-state index is 14.2. The first-order chi connectivity index (χ1) is 15.8. The second-order valence-electron chi connectivity index (χ2n) is 8.04. The molecule has 1 unspecified atom stereocenters. The van der Waals surface area contributed by atoms with E-state index >= 15 is 0 Å². The number of nitrogens with zero attached hydrogens (tertiary/aromatic N) is 3. The number of aryl methyl sites for hydroxylation is 1. The molecule has 4 rings (SSSR count). The number of rotatable bonds is 3. The minimum Gasteiger partial charge on any atom is -0.465 e. The van der Waals surface area contributed by atoms with E-state index in [2.05, 4.69) is 17.2 Å². The van der Waals surface area contributed by atoms with Gasteiger partial charge in [-0.2, -0.15) is 0 Å². The number of carbonyl (C=O) groups excluding carboxylic acids is 2. The zero-order chi connectivity index (χ0) is 23.7. The van der Waals surface area contributed by atoms with Crippen LogP contribution in [0.25, 0.3) is 11.0 Å². The summed E-state index contributed by atoms with van der Waals surface area (Å²) in [7, 11) is 1.58. The van der Waals surface area contributed by atoms with Gasteiger partial charge in [0.1, 0.15) is 18.8 Å². The number of hydrogen-bond donors (Lipinski definition) is 2. The number of aromatic nitrogens is 2. The number of hydrogen-bond acceptors (Lipinski definition) is 5. The van der Waals surface area contributed by atoms with Gasteiger partial charge in [0.05, 0.1) is 29.2 Å². The molecule has 2 aliphatic heterocycles. The number of imide groups is 1. The van der Waals surface area contributed by atoms with E-state index < -0.39 is 36.0 Å². The Kier molecular flexibility index (Phi) is 6.20. The fraction of sp³-hybridized carbons (Fsp3) is 0.455. The Bertz CT molecular complexity index is 1240. The molecular weight excluding hydrogens is 435 g/mol. The summed E-state index contributed by atoms with van der Waals surface area (Å²) in [6.07, 6.45) is -2.69. The summed E-state index contributed by atoms with van der Waals surface area (Å²) in [5.74, 6) is 4.90. The van der Waals surface area contributed by atoms with Gasteiger partial charge in [0, 0.05) is 20.0 Å². The topological polar surface area (TPSA) is 123 Å². The number of nitrogens with one attached hydrogen (secondary N) is 1. The van der Waals surface area contributed by atoms with Crippen molar-refractivity contribution in [3.8, 4) is 11.8 Å². The van der Waals surface area contributed by atoms with E-state index in [1.165, 1.54) is 9.13 Å². The molecule has 3 heterocycles. The number of likely N-dealkylation sites (tertiary alicyclic amines) is 1. The molecule has 2 aliphatic rings. The van der Waals surface area contributed by atoms with Crippen molar-refractivity contribution in [3.63, 3.8) is 0 Å². The number of alkyl halides is 1. The van der Waals surface area contributed by atoms with Gasteiger partial charge in [0.2, 0.25) is 11.8 Å². The van der Waals surface area contributed by atoms with Gasteiger partial charge < -0.3 is 14.7 Å². The molecule has 0 saturated carbocycles. The number of benzene rings is 1. The average molecular weight is 458 g/mol. The van der Waals surface area contributed by atoms with Gasteiger partial charge in [0.15, 0.2) is 0 Å². The largest absolute Gasteiger partial charge is 0.465 e. The van der Waals surface area contributed by atoms with Crippen molar-refractivity contribution in [2.75, 3.05) is 19.7 Å². The number of halogens is 1. The summed E-state index contributed by atoms with van der Waals surface area (Å²) in [5, 5.41) is 11.2. The van der Waals surface area contributed by atoms with Crippen molar-refractivity contribution in [2.24, 2.45) is 7.05 Å². The van der Waals surface area contributed by atoms with Crippen molar-refractivity contribution in [3.05, 3.63) is 34.2 Å². The first-order valence-corrected chi connectivity index (χ1v) is 10.5. The zero-order valence-electron chi connectivity index (χ0n) is 17.9. The molecule has 3 amide bonds. The molecule has 2 N–H and O–H groups in total. The van der Waals surface area contributed by atoms with Gasteiger partial charge in [-0.3, -0.25) is 24.0 Å². The van der Waals surface area contributed by atoms with Gasteiger partial charge >= 0.3 is 11.8 Å². The highest BCUT2D eigenvalue weighted by atomic mass is 19.1. The lowest BCUT2D eigenvalue weighted by Gasteiger charge is -2.32. The van der Waals surface area contributed by atoms with Crippen LogP contribution in [0, 0.1) is 11.8 Å². The lowest BCUT2D eigenvalue weighted by atomic mass is 10.1. The standard InChI is InChI=1S/C22H23FN4O6/c1-25-19-13(5-3-11-33-17-9-10-26(22(31)32)12-14(17)23)4-2-6-15(19)27(21(25)30)16-7-8-18(28)24-20(16)29/h2,4,6,14,16-17H,7-12H2,1H3,(H,31,32)(H,24,28,29)/t14-,16?,17-/m1/s1. The normalized spacial score (nSPS) is 23.2. The first kappa shape index (κ1) is 22.5. The molecule has 0 radical (unpaired) electrons. The van der Waals surface area contributed by atoms with Crippen LogP contribution < -0.4 is 11.0 Å². The quantitative estimate of drug-likeness (QED) is 0.518. The maximum Gasteiger partial charge on any atom is 0.407 e. The monoisotopic (exact) mass is 458 g/mol. The Morgan fingerprint density at radius 2 is 2.09 bits per heavy atom. The van der Waals surface area contributed by atoms with Crippen molar-refractivity contribution >= 4 is 28.9 Å². The van der Waals surface area contributed by atoms with E-state index in [0.717, 1.165) is 4.90 Å².